The molecule has 19 heavy (non-hydrogen) atoms. The molecule has 1 fully saturated rings. The van der Waals surface area contributed by atoms with Crippen molar-refractivity contribution in [2.75, 3.05) is 6.54 Å². The molecule has 1 aliphatic carbocycles. The third-order valence-corrected chi connectivity index (χ3v) is 4.15. The number of nitrogens with zero attached hydrogens (tertiary/aromatic N) is 1. The fourth-order valence-corrected chi connectivity index (χ4v) is 3.21. The van der Waals surface area contributed by atoms with Gasteiger partial charge < -0.3 is 11.5 Å². The molecule has 0 atom stereocenters. The summed E-state index contributed by atoms with van der Waals surface area (Å²) in [6.07, 6.45) is 5.92. The Bertz CT molecular complexity index is 438. The van der Waals surface area contributed by atoms with Crippen molar-refractivity contribution >= 4 is 41.5 Å². The van der Waals surface area contributed by atoms with Gasteiger partial charge in [0.05, 0.1) is 6.54 Å². The summed E-state index contributed by atoms with van der Waals surface area (Å²) in [6.45, 7) is 0.638. The van der Waals surface area contributed by atoms with Crippen molar-refractivity contribution in [2.24, 2.45) is 16.5 Å². The Morgan fingerprint density at radius 1 is 1.16 bits per heavy atom. The standard InChI is InChI=1S/C14H20ClN3.HI/c15-12-7-3-2-6-11(12)14(10-18-13(16)17)8-4-1-5-9-14;/h2-3,6-7H,1,4-5,8-10H2,(H4,16,17,18);1H. The zero-order valence-corrected chi connectivity index (χ0v) is 14.0. The summed E-state index contributed by atoms with van der Waals surface area (Å²) in [5.41, 5.74) is 12.2. The van der Waals surface area contributed by atoms with Crippen molar-refractivity contribution in [3.63, 3.8) is 0 Å². The molecule has 0 unspecified atom stereocenters. The van der Waals surface area contributed by atoms with Crippen LogP contribution in [-0.2, 0) is 5.41 Å². The van der Waals surface area contributed by atoms with Crippen molar-refractivity contribution in [1.82, 2.24) is 0 Å². The molecule has 0 heterocycles. The first-order valence-electron chi connectivity index (χ1n) is 6.44. The molecular weight excluding hydrogens is 373 g/mol. The molecule has 1 aromatic rings. The van der Waals surface area contributed by atoms with Gasteiger partial charge in [-0.05, 0) is 24.5 Å². The van der Waals surface area contributed by atoms with Crippen LogP contribution >= 0.6 is 35.6 Å². The minimum atomic E-state index is 0. The molecule has 0 saturated heterocycles. The lowest BCUT2D eigenvalue weighted by Gasteiger charge is -2.37. The highest BCUT2D eigenvalue weighted by Crippen LogP contribution is 2.42. The van der Waals surface area contributed by atoms with Crippen LogP contribution in [0, 0.1) is 0 Å². The van der Waals surface area contributed by atoms with Crippen molar-refractivity contribution in [3.05, 3.63) is 34.9 Å². The summed E-state index contributed by atoms with van der Waals surface area (Å²) < 4.78 is 0. The quantitative estimate of drug-likeness (QED) is 0.469. The van der Waals surface area contributed by atoms with Crippen molar-refractivity contribution in [2.45, 2.75) is 37.5 Å². The lowest BCUT2D eigenvalue weighted by molar-refractivity contribution is 0.301. The van der Waals surface area contributed by atoms with E-state index in [4.69, 9.17) is 23.1 Å². The van der Waals surface area contributed by atoms with E-state index >= 15 is 0 Å². The van der Waals surface area contributed by atoms with E-state index in [2.05, 4.69) is 11.1 Å². The molecule has 1 aliphatic rings. The monoisotopic (exact) mass is 393 g/mol. The molecule has 1 aromatic carbocycles. The van der Waals surface area contributed by atoms with E-state index in [1.807, 2.05) is 18.2 Å². The predicted octanol–water partition coefficient (Wildman–Crippen LogP) is 3.43. The molecule has 1 saturated carbocycles. The zero-order valence-electron chi connectivity index (χ0n) is 10.9. The summed E-state index contributed by atoms with van der Waals surface area (Å²) in [5.74, 6) is 0.159. The average molecular weight is 394 g/mol. The Labute approximate surface area is 136 Å². The molecule has 0 radical (unpaired) electrons. The fourth-order valence-electron chi connectivity index (χ4n) is 2.88. The van der Waals surface area contributed by atoms with E-state index in [-0.39, 0.29) is 35.4 Å². The van der Waals surface area contributed by atoms with Gasteiger partial charge in [-0.25, -0.2) is 0 Å². The molecule has 0 amide bonds. The van der Waals surface area contributed by atoms with Crippen LogP contribution in [0.3, 0.4) is 0 Å². The van der Waals surface area contributed by atoms with Crippen molar-refractivity contribution in [3.8, 4) is 0 Å². The first kappa shape index (κ1) is 16.6. The zero-order chi connectivity index (χ0) is 13.0. The van der Waals surface area contributed by atoms with E-state index in [0.29, 0.717) is 6.54 Å². The number of nitrogens with two attached hydrogens (primary N) is 2. The van der Waals surface area contributed by atoms with Gasteiger partial charge in [0.15, 0.2) is 5.96 Å². The number of halogens is 2. The van der Waals surface area contributed by atoms with Crippen LogP contribution in [0.15, 0.2) is 29.3 Å². The van der Waals surface area contributed by atoms with Gasteiger partial charge in [0.25, 0.3) is 0 Å². The molecule has 0 spiro atoms. The Kier molecular flexibility index (Phi) is 6.39. The molecule has 5 heteroatoms. The third kappa shape index (κ3) is 3.99. The Morgan fingerprint density at radius 2 is 1.79 bits per heavy atom. The van der Waals surface area contributed by atoms with Gasteiger partial charge in [0.1, 0.15) is 0 Å². The maximum Gasteiger partial charge on any atom is 0.185 e. The average Bonchev–Trinajstić information content (AvgIpc) is 2.38. The number of rotatable bonds is 3. The fraction of sp³-hybridized carbons (Fsp3) is 0.500. The predicted molar refractivity (Wildman–Crippen MR) is 92.3 cm³/mol. The Morgan fingerprint density at radius 3 is 2.37 bits per heavy atom. The second-order valence-electron chi connectivity index (χ2n) is 5.06. The van der Waals surface area contributed by atoms with Gasteiger partial charge in [-0.1, -0.05) is 49.1 Å². The number of guanidine groups is 1. The lowest BCUT2D eigenvalue weighted by Crippen LogP contribution is -2.35. The van der Waals surface area contributed by atoms with Crippen LogP contribution < -0.4 is 11.5 Å². The van der Waals surface area contributed by atoms with Gasteiger partial charge in [0.2, 0.25) is 0 Å². The minimum Gasteiger partial charge on any atom is -0.370 e. The van der Waals surface area contributed by atoms with E-state index in [1.54, 1.807) is 0 Å². The first-order chi connectivity index (χ1) is 8.64. The summed E-state index contributed by atoms with van der Waals surface area (Å²) in [6, 6.07) is 8.05. The summed E-state index contributed by atoms with van der Waals surface area (Å²) >= 11 is 6.35. The summed E-state index contributed by atoms with van der Waals surface area (Å²) in [4.78, 5) is 4.25. The topological polar surface area (TPSA) is 64.4 Å². The summed E-state index contributed by atoms with van der Waals surface area (Å²) in [5, 5.41) is 0.824. The van der Waals surface area contributed by atoms with Gasteiger partial charge in [-0.3, -0.25) is 4.99 Å². The SMILES string of the molecule is I.NC(N)=NCC1(c2ccccc2Cl)CCCCC1. The molecule has 0 bridgehead atoms. The van der Waals surface area contributed by atoms with Gasteiger partial charge in [-0.15, -0.1) is 24.0 Å². The third-order valence-electron chi connectivity index (χ3n) is 3.82. The molecule has 2 rings (SSSR count). The van der Waals surface area contributed by atoms with Crippen LogP contribution in [0.5, 0.6) is 0 Å². The Hall–Kier alpha value is -0.490. The first-order valence-corrected chi connectivity index (χ1v) is 6.82. The van der Waals surface area contributed by atoms with E-state index in [0.717, 1.165) is 17.9 Å². The largest absolute Gasteiger partial charge is 0.370 e. The van der Waals surface area contributed by atoms with Crippen molar-refractivity contribution < 1.29 is 0 Å². The maximum atomic E-state index is 6.35. The van der Waals surface area contributed by atoms with Crippen LogP contribution in [0.4, 0.5) is 0 Å². The highest BCUT2D eigenvalue weighted by atomic mass is 127. The summed E-state index contributed by atoms with van der Waals surface area (Å²) in [7, 11) is 0. The molecule has 0 aliphatic heterocycles. The molecular formula is C14H21ClIN3. The minimum absolute atomic E-state index is 0. The van der Waals surface area contributed by atoms with Gasteiger partial charge in [-0.2, -0.15) is 0 Å². The van der Waals surface area contributed by atoms with Crippen molar-refractivity contribution in [1.29, 1.82) is 0 Å². The van der Waals surface area contributed by atoms with E-state index < -0.39 is 0 Å². The second-order valence-corrected chi connectivity index (χ2v) is 5.47. The highest BCUT2D eigenvalue weighted by Gasteiger charge is 2.35. The van der Waals surface area contributed by atoms with E-state index in [1.165, 1.54) is 24.8 Å². The van der Waals surface area contributed by atoms with Crippen LogP contribution in [0.25, 0.3) is 0 Å². The maximum absolute atomic E-state index is 6.35. The molecule has 106 valence electrons. The number of hydrogen-bond acceptors (Lipinski definition) is 1. The second kappa shape index (κ2) is 7.33. The van der Waals surface area contributed by atoms with Gasteiger partial charge in [0, 0.05) is 10.4 Å². The molecule has 0 aromatic heterocycles. The van der Waals surface area contributed by atoms with Gasteiger partial charge >= 0.3 is 0 Å². The lowest BCUT2D eigenvalue weighted by atomic mass is 9.69. The van der Waals surface area contributed by atoms with Crippen LogP contribution in [0.2, 0.25) is 5.02 Å². The Balaban J connectivity index is 0.00000180. The number of hydrogen-bond donors (Lipinski definition) is 2. The molecule has 3 nitrogen and oxygen atoms in total. The highest BCUT2D eigenvalue weighted by molar-refractivity contribution is 14.0. The smallest absolute Gasteiger partial charge is 0.185 e. The number of benzene rings is 1. The normalized spacial score (nSPS) is 17.3. The van der Waals surface area contributed by atoms with E-state index in [9.17, 15) is 0 Å². The number of aliphatic imine (C=N–C) groups is 1. The van der Waals surface area contributed by atoms with Crippen LogP contribution in [-0.4, -0.2) is 12.5 Å². The van der Waals surface area contributed by atoms with Crippen LogP contribution in [0.1, 0.15) is 37.7 Å². The molecule has 4 N–H and O–H groups in total.